The average molecular weight is 299 g/mol. The minimum absolute atomic E-state index is 0.0710. The van der Waals surface area contributed by atoms with E-state index in [4.69, 9.17) is 9.84 Å². The maximum Gasteiger partial charge on any atom is 0.320 e. The summed E-state index contributed by atoms with van der Waals surface area (Å²) in [7, 11) is 1.70. The SMILES string of the molecule is CN(C(=O)N1CCNC(=O)C1CC(=O)O)C1CCOCC1. The van der Waals surface area contributed by atoms with Crippen molar-refractivity contribution in [2.75, 3.05) is 33.4 Å². The van der Waals surface area contributed by atoms with E-state index in [2.05, 4.69) is 5.32 Å². The second kappa shape index (κ2) is 6.75. The van der Waals surface area contributed by atoms with Crippen molar-refractivity contribution in [3.63, 3.8) is 0 Å². The highest BCUT2D eigenvalue weighted by Crippen LogP contribution is 2.17. The molecule has 2 aliphatic heterocycles. The fraction of sp³-hybridized carbons (Fsp3) is 0.769. The van der Waals surface area contributed by atoms with Gasteiger partial charge in [-0.15, -0.1) is 0 Å². The van der Waals surface area contributed by atoms with E-state index in [9.17, 15) is 14.4 Å². The van der Waals surface area contributed by atoms with Crippen molar-refractivity contribution in [1.82, 2.24) is 15.1 Å². The third-order valence-corrected chi connectivity index (χ3v) is 3.98. The van der Waals surface area contributed by atoms with Gasteiger partial charge >= 0.3 is 12.0 Å². The molecule has 1 unspecified atom stereocenters. The van der Waals surface area contributed by atoms with Crippen LogP contribution in [0.5, 0.6) is 0 Å². The number of carbonyl (C=O) groups excluding carboxylic acids is 2. The van der Waals surface area contributed by atoms with Gasteiger partial charge in [0.15, 0.2) is 0 Å². The first-order valence-electron chi connectivity index (χ1n) is 7.11. The molecule has 8 heteroatoms. The number of rotatable bonds is 3. The van der Waals surface area contributed by atoms with E-state index in [-0.39, 0.29) is 18.5 Å². The van der Waals surface area contributed by atoms with Gasteiger partial charge in [0, 0.05) is 39.4 Å². The molecule has 2 fully saturated rings. The zero-order valence-electron chi connectivity index (χ0n) is 12.1. The van der Waals surface area contributed by atoms with Gasteiger partial charge in [0.05, 0.1) is 6.42 Å². The van der Waals surface area contributed by atoms with Crippen molar-refractivity contribution in [2.45, 2.75) is 31.3 Å². The molecule has 2 aliphatic rings. The lowest BCUT2D eigenvalue weighted by molar-refractivity contribution is -0.142. The molecule has 2 N–H and O–H groups in total. The summed E-state index contributed by atoms with van der Waals surface area (Å²) < 4.78 is 5.27. The number of piperazine rings is 1. The molecule has 0 spiro atoms. The number of nitrogens with zero attached hydrogens (tertiary/aromatic N) is 2. The fourth-order valence-electron chi connectivity index (χ4n) is 2.74. The number of amides is 3. The highest BCUT2D eigenvalue weighted by Gasteiger charge is 2.37. The van der Waals surface area contributed by atoms with Gasteiger partial charge in [-0.2, -0.15) is 0 Å². The van der Waals surface area contributed by atoms with Crippen molar-refractivity contribution >= 4 is 17.9 Å². The topological polar surface area (TPSA) is 99.2 Å². The molecule has 118 valence electrons. The zero-order valence-corrected chi connectivity index (χ0v) is 12.1. The number of urea groups is 1. The largest absolute Gasteiger partial charge is 0.481 e. The van der Waals surface area contributed by atoms with Crippen molar-refractivity contribution < 1.29 is 24.2 Å². The summed E-state index contributed by atoms with van der Waals surface area (Å²) in [6.45, 7) is 1.90. The van der Waals surface area contributed by atoms with Gasteiger partial charge < -0.3 is 25.0 Å². The molecule has 3 amide bonds. The maximum atomic E-state index is 12.6. The molecular weight excluding hydrogens is 278 g/mol. The van der Waals surface area contributed by atoms with Crippen molar-refractivity contribution in [3.8, 4) is 0 Å². The van der Waals surface area contributed by atoms with E-state index in [0.29, 0.717) is 26.3 Å². The second-order valence-electron chi connectivity index (χ2n) is 5.34. The summed E-state index contributed by atoms with van der Waals surface area (Å²) in [6, 6.07) is -1.16. The van der Waals surface area contributed by atoms with Crippen molar-refractivity contribution in [1.29, 1.82) is 0 Å². The molecule has 2 saturated heterocycles. The van der Waals surface area contributed by atoms with Gasteiger partial charge in [-0.05, 0) is 12.8 Å². The van der Waals surface area contributed by atoms with Crippen LogP contribution in [0.3, 0.4) is 0 Å². The molecule has 0 aromatic carbocycles. The van der Waals surface area contributed by atoms with Crippen LogP contribution in [0.25, 0.3) is 0 Å². The summed E-state index contributed by atoms with van der Waals surface area (Å²) in [5.41, 5.74) is 0. The highest BCUT2D eigenvalue weighted by molar-refractivity contribution is 5.91. The lowest BCUT2D eigenvalue weighted by Gasteiger charge is -2.40. The van der Waals surface area contributed by atoms with Gasteiger partial charge in [0.2, 0.25) is 5.91 Å². The van der Waals surface area contributed by atoms with Crippen molar-refractivity contribution in [3.05, 3.63) is 0 Å². The molecule has 0 aromatic heterocycles. The summed E-state index contributed by atoms with van der Waals surface area (Å²) in [6.07, 6.45) is 1.14. The van der Waals surface area contributed by atoms with Crippen LogP contribution in [0.2, 0.25) is 0 Å². The van der Waals surface area contributed by atoms with Crippen LogP contribution in [0.15, 0.2) is 0 Å². The van der Waals surface area contributed by atoms with Crippen LogP contribution in [-0.2, 0) is 14.3 Å². The Morgan fingerprint density at radius 3 is 2.71 bits per heavy atom. The van der Waals surface area contributed by atoms with Crippen LogP contribution >= 0.6 is 0 Å². The fourth-order valence-corrected chi connectivity index (χ4v) is 2.74. The van der Waals surface area contributed by atoms with Gasteiger partial charge in [0.25, 0.3) is 0 Å². The lowest BCUT2D eigenvalue weighted by Crippen LogP contribution is -2.61. The van der Waals surface area contributed by atoms with E-state index < -0.39 is 17.9 Å². The first-order chi connectivity index (χ1) is 10.0. The standard InChI is InChI=1S/C13H21N3O5/c1-15(9-2-6-21-7-3-9)13(20)16-5-4-14-12(19)10(16)8-11(17)18/h9-10H,2-8H2,1H3,(H,14,19)(H,17,18). The van der Waals surface area contributed by atoms with Crippen LogP contribution < -0.4 is 5.32 Å². The van der Waals surface area contributed by atoms with Crippen LogP contribution in [-0.4, -0.2) is 78.2 Å². The number of carbonyl (C=O) groups is 3. The minimum Gasteiger partial charge on any atom is -0.481 e. The molecule has 0 bridgehead atoms. The molecule has 0 aromatic rings. The van der Waals surface area contributed by atoms with Crippen LogP contribution in [0, 0.1) is 0 Å². The highest BCUT2D eigenvalue weighted by atomic mass is 16.5. The summed E-state index contributed by atoms with van der Waals surface area (Å²) >= 11 is 0. The molecule has 0 saturated carbocycles. The molecule has 0 radical (unpaired) electrons. The van der Waals surface area contributed by atoms with Gasteiger partial charge in [-0.25, -0.2) is 4.79 Å². The molecule has 21 heavy (non-hydrogen) atoms. The molecule has 8 nitrogen and oxygen atoms in total. The molecule has 1 atom stereocenters. The Hall–Kier alpha value is -1.83. The van der Waals surface area contributed by atoms with Gasteiger partial charge in [-0.3, -0.25) is 9.59 Å². The number of carboxylic acid groups (broad SMARTS) is 1. The maximum absolute atomic E-state index is 12.6. The second-order valence-corrected chi connectivity index (χ2v) is 5.34. The Balaban J connectivity index is 2.06. The van der Waals surface area contributed by atoms with Crippen LogP contribution in [0.4, 0.5) is 4.79 Å². The van der Waals surface area contributed by atoms with Crippen LogP contribution in [0.1, 0.15) is 19.3 Å². The van der Waals surface area contributed by atoms with E-state index in [0.717, 1.165) is 12.8 Å². The number of hydrogen-bond donors (Lipinski definition) is 2. The number of ether oxygens (including phenoxy) is 1. The van der Waals surface area contributed by atoms with Crippen molar-refractivity contribution in [2.24, 2.45) is 0 Å². The Labute approximate surface area is 123 Å². The number of hydrogen-bond acceptors (Lipinski definition) is 4. The normalized spacial score (nSPS) is 23.6. The Bertz CT molecular complexity index is 422. The Kier molecular flexibility index (Phi) is 5.00. The smallest absolute Gasteiger partial charge is 0.320 e. The third kappa shape index (κ3) is 3.63. The molecular formula is C13H21N3O5. The van der Waals surface area contributed by atoms with E-state index in [1.165, 1.54) is 4.90 Å². The third-order valence-electron chi connectivity index (χ3n) is 3.98. The van der Waals surface area contributed by atoms with E-state index >= 15 is 0 Å². The molecule has 0 aliphatic carbocycles. The quantitative estimate of drug-likeness (QED) is 0.731. The lowest BCUT2D eigenvalue weighted by atomic mass is 10.1. The minimum atomic E-state index is -1.09. The zero-order chi connectivity index (χ0) is 15.4. The predicted molar refractivity (Wildman–Crippen MR) is 72.8 cm³/mol. The Morgan fingerprint density at radius 2 is 2.10 bits per heavy atom. The molecule has 2 rings (SSSR count). The van der Waals surface area contributed by atoms with Gasteiger partial charge in [0.1, 0.15) is 6.04 Å². The summed E-state index contributed by atoms with van der Waals surface area (Å²) in [5, 5.41) is 11.5. The monoisotopic (exact) mass is 299 g/mol. The molecule has 2 heterocycles. The summed E-state index contributed by atoms with van der Waals surface area (Å²) in [4.78, 5) is 38.3. The summed E-state index contributed by atoms with van der Waals surface area (Å²) in [5.74, 6) is -1.50. The number of aliphatic carboxylic acids is 1. The first kappa shape index (κ1) is 15.6. The average Bonchev–Trinajstić information content (AvgIpc) is 2.48. The first-order valence-corrected chi connectivity index (χ1v) is 7.11. The Morgan fingerprint density at radius 1 is 1.43 bits per heavy atom. The predicted octanol–water partition coefficient (Wildman–Crippen LogP) is -0.508. The van der Waals surface area contributed by atoms with Gasteiger partial charge in [-0.1, -0.05) is 0 Å². The number of nitrogens with one attached hydrogen (secondary N) is 1. The van der Waals surface area contributed by atoms with E-state index in [1.807, 2.05) is 0 Å². The number of carboxylic acids is 1. The van der Waals surface area contributed by atoms with E-state index in [1.54, 1.807) is 11.9 Å².